The number of ether oxygens (including phenoxy) is 1. The maximum Gasteiger partial charge on any atom is 0.162 e. The first-order chi connectivity index (χ1) is 17.1. The standard InChI is InChI=1S/C31H30N2O2/c1-23-29(20-24-18-19-28(35-2)21-30(24)34)32-22-33(23)31(25-12-6-3-7-13-25,26-14-8-4-9-15-26)27-16-10-5-11-17-27/h3-17,21-22,24H,18-20H2,1-2H3. The molecule has 0 spiro atoms. The average Bonchev–Trinajstić information content (AvgIpc) is 3.27. The fourth-order valence-electron chi connectivity index (χ4n) is 5.34. The molecule has 1 aliphatic rings. The number of carbonyl (C=O) groups excluding carboxylic acids is 1. The van der Waals surface area contributed by atoms with Gasteiger partial charge in [0.25, 0.3) is 0 Å². The Morgan fingerprint density at radius 1 is 0.886 bits per heavy atom. The molecule has 1 atom stereocenters. The Bertz CT molecular complexity index is 1230. The van der Waals surface area contributed by atoms with Crippen molar-refractivity contribution in [2.75, 3.05) is 7.11 Å². The van der Waals surface area contributed by atoms with Crippen molar-refractivity contribution in [3.63, 3.8) is 0 Å². The Kier molecular flexibility index (Phi) is 6.37. The third-order valence-electron chi connectivity index (χ3n) is 7.19. The van der Waals surface area contributed by atoms with Crippen molar-refractivity contribution in [1.82, 2.24) is 9.55 Å². The number of hydrogen-bond acceptors (Lipinski definition) is 3. The molecule has 1 heterocycles. The van der Waals surface area contributed by atoms with Gasteiger partial charge < -0.3 is 9.30 Å². The van der Waals surface area contributed by atoms with E-state index in [9.17, 15) is 4.79 Å². The summed E-state index contributed by atoms with van der Waals surface area (Å²) in [5, 5.41) is 0. The molecule has 0 saturated heterocycles. The van der Waals surface area contributed by atoms with Crippen molar-refractivity contribution >= 4 is 5.78 Å². The van der Waals surface area contributed by atoms with Crippen LogP contribution in [0.3, 0.4) is 0 Å². The number of rotatable bonds is 7. The maximum absolute atomic E-state index is 12.8. The van der Waals surface area contributed by atoms with Crippen LogP contribution in [0.4, 0.5) is 0 Å². The quantitative estimate of drug-likeness (QED) is 0.313. The van der Waals surface area contributed by atoms with Crippen molar-refractivity contribution < 1.29 is 9.53 Å². The molecular formula is C31H30N2O2. The van der Waals surface area contributed by atoms with Gasteiger partial charge >= 0.3 is 0 Å². The summed E-state index contributed by atoms with van der Waals surface area (Å²) in [6, 6.07) is 31.8. The number of benzene rings is 3. The number of allylic oxidation sites excluding steroid dienone is 2. The summed E-state index contributed by atoms with van der Waals surface area (Å²) in [4.78, 5) is 17.6. The Morgan fingerprint density at radius 3 is 1.86 bits per heavy atom. The van der Waals surface area contributed by atoms with Crippen LogP contribution in [0.2, 0.25) is 0 Å². The lowest BCUT2D eigenvalue weighted by atomic mass is 9.76. The van der Waals surface area contributed by atoms with Crippen molar-refractivity contribution in [2.24, 2.45) is 5.92 Å². The van der Waals surface area contributed by atoms with E-state index in [0.29, 0.717) is 6.42 Å². The van der Waals surface area contributed by atoms with Crippen LogP contribution < -0.4 is 0 Å². The van der Waals surface area contributed by atoms with E-state index in [1.807, 2.05) is 24.5 Å². The zero-order valence-electron chi connectivity index (χ0n) is 20.2. The fraction of sp³-hybridized carbons (Fsp3) is 0.226. The number of methoxy groups -OCH3 is 1. The molecule has 4 aromatic rings. The summed E-state index contributed by atoms with van der Waals surface area (Å²) in [6.45, 7) is 2.12. The molecular weight excluding hydrogens is 432 g/mol. The maximum atomic E-state index is 12.8. The minimum atomic E-state index is -0.598. The Balaban J connectivity index is 1.67. The highest BCUT2D eigenvalue weighted by Crippen LogP contribution is 2.42. The Hall–Kier alpha value is -3.92. The van der Waals surface area contributed by atoms with Crippen LogP contribution in [-0.4, -0.2) is 22.4 Å². The first-order valence-corrected chi connectivity index (χ1v) is 12.1. The third-order valence-corrected chi connectivity index (χ3v) is 7.19. The minimum absolute atomic E-state index is 0.0736. The second kappa shape index (κ2) is 9.75. The number of nitrogens with zero attached hydrogens (tertiary/aromatic N) is 2. The molecule has 0 bridgehead atoms. The summed E-state index contributed by atoms with van der Waals surface area (Å²) in [5.41, 5.74) is 4.90. The number of imidazole rings is 1. The highest BCUT2D eigenvalue weighted by Gasteiger charge is 2.40. The smallest absolute Gasteiger partial charge is 0.162 e. The van der Waals surface area contributed by atoms with E-state index in [4.69, 9.17) is 9.72 Å². The molecule has 5 rings (SSSR count). The highest BCUT2D eigenvalue weighted by atomic mass is 16.5. The van der Waals surface area contributed by atoms with Gasteiger partial charge in [-0.15, -0.1) is 0 Å². The number of carbonyl (C=O) groups is 1. The molecule has 0 N–H and O–H groups in total. The molecule has 3 aromatic carbocycles. The van der Waals surface area contributed by atoms with Crippen molar-refractivity contribution in [3.8, 4) is 0 Å². The molecule has 4 heteroatoms. The zero-order chi connectivity index (χ0) is 24.3. The van der Waals surface area contributed by atoms with Crippen LogP contribution in [-0.2, 0) is 21.5 Å². The van der Waals surface area contributed by atoms with Crippen LogP contribution in [0.1, 0.15) is 40.9 Å². The largest absolute Gasteiger partial charge is 0.501 e. The predicted octanol–water partition coefficient (Wildman–Crippen LogP) is 6.08. The molecule has 0 saturated carbocycles. The van der Waals surface area contributed by atoms with Gasteiger partial charge in [-0.05, 0) is 30.0 Å². The number of ketones is 1. The molecule has 0 aliphatic heterocycles. The second-order valence-electron chi connectivity index (χ2n) is 9.11. The van der Waals surface area contributed by atoms with E-state index >= 15 is 0 Å². The van der Waals surface area contributed by atoms with Gasteiger partial charge in [-0.1, -0.05) is 91.0 Å². The second-order valence-corrected chi connectivity index (χ2v) is 9.11. The summed E-state index contributed by atoms with van der Waals surface area (Å²) >= 11 is 0. The van der Waals surface area contributed by atoms with E-state index in [0.717, 1.165) is 46.7 Å². The van der Waals surface area contributed by atoms with E-state index in [1.54, 1.807) is 13.2 Å². The van der Waals surface area contributed by atoms with Gasteiger partial charge in [-0.3, -0.25) is 4.79 Å². The van der Waals surface area contributed by atoms with Gasteiger partial charge in [0, 0.05) is 30.5 Å². The lowest BCUT2D eigenvalue weighted by Crippen LogP contribution is -2.38. The van der Waals surface area contributed by atoms with Gasteiger partial charge in [-0.2, -0.15) is 0 Å². The molecule has 35 heavy (non-hydrogen) atoms. The number of hydrogen-bond donors (Lipinski definition) is 0. The van der Waals surface area contributed by atoms with Gasteiger partial charge in [0.05, 0.1) is 24.9 Å². The summed E-state index contributed by atoms with van der Waals surface area (Å²) in [6.07, 6.45) is 5.80. The van der Waals surface area contributed by atoms with Gasteiger partial charge in [0.15, 0.2) is 5.78 Å². The van der Waals surface area contributed by atoms with E-state index in [2.05, 4.69) is 84.3 Å². The zero-order valence-corrected chi connectivity index (χ0v) is 20.2. The minimum Gasteiger partial charge on any atom is -0.501 e. The molecule has 1 aromatic heterocycles. The normalized spacial score (nSPS) is 16.1. The molecule has 176 valence electrons. The van der Waals surface area contributed by atoms with Crippen LogP contribution in [0.25, 0.3) is 0 Å². The van der Waals surface area contributed by atoms with Crippen molar-refractivity contribution in [2.45, 2.75) is 31.7 Å². The fourth-order valence-corrected chi connectivity index (χ4v) is 5.34. The summed E-state index contributed by atoms with van der Waals surface area (Å²) < 4.78 is 7.58. The van der Waals surface area contributed by atoms with E-state index in [1.165, 1.54) is 0 Å². The van der Waals surface area contributed by atoms with Crippen LogP contribution in [0.15, 0.2) is 109 Å². The lowest BCUT2D eigenvalue weighted by molar-refractivity contribution is -0.119. The van der Waals surface area contributed by atoms with E-state index < -0.39 is 5.54 Å². The SMILES string of the molecule is COC1=CC(=O)C(Cc2ncn(C(c3ccccc3)(c3ccccc3)c3ccccc3)c2C)CC1. The van der Waals surface area contributed by atoms with Crippen LogP contribution in [0.5, 0.6) is 0 Å². The molecule has 1 unspecified atom stereocenters. The van der Waals surface area contributed by atoms with Gasteiger partial charge in [0.1, 0.15) is 5.54 Å². The van der Waals surface area contributed by atoms with E-state index in [-0.39, 0.29) is 11.7 Å². The molecule has 0 radical (unpaired) electrons. The van der Waals surface area contributed by atoms with Gasteiger partial charge in [0.2, 0.25) is 0 Å². The number of aromatic nitrogens is 2. The van der Waals surface area contributed by atoms with Gasteiger partial charge in [-0.25, -0.2) is 4.98 Å². The van der Waals surface area contributed by atoms with Crippen LogP contribution in [0, 0.1) is 12.8 Å². The topological polar surface area (TPSA) is 44.1 Å². The predicted molar refractivity (Wildman–Crippen MR) is 138 cm³/mol. The first-order valence-electron chi connectivity index (χ1n) is 12.1. The van der Waals surface area contributed by atoms with Crippen LogP contribution >= 0.6 is 0 Å². The summed E-state index contributed by atoms with van der Waals surface area (Å²) in [7, 11) is 1.63. The Morgan fingerprint density at radius 2 is 1.40 bits per heavy atom. The molecule has 1 aliphatic carbocycles. The average molecular weight is 463 g/mol. The summed E-state index contributed by atoms with van der Waals surface area (Å²) in [5.74, 6) is 0.822. The molecule has 0 fully saturated rings. The Labute approximate surface area is 206 Å². The molecule has 0 amide bonds. The first kappa shape index (κ1) is 22.9. The lowest BCUT2D eigenvalue weighted by Gasteiger charge is -2.38. The third kappa shape index (κ3) is 4.10. The van der Waals surface area contributed by atoms with Crippen molar-refractivity contribution in [1.29, 1.82) is 0 Å². The monoisotopic (exact) mass is 462 g/mol. The van der Waals surface area contributed by atoms with Crippen molar-refractivity contribution in [3.05, 3.63) is 137 Å². The molecule has 4 nitrogen and oxygen atoms in total. The highest BCUT2D eigenvalue weighted by molar-refractivity contribution is 5.93.